The zero-order valence-electron chi connectivity index (χ0n) is 15.5. The summed E-state index contributed by atoms with van der Waals surface area (Å²) in [6, 6.07) is 8.64. The lowest BCUT2D eigenvalue weighted by Crippen LogP contribution is -2.54. The number of ether oxygens (including phenoxy) is 2. The number of hydrogen-bond acceptors (Lipinski definition) is 5. The summed E-state index contributed by atoms with van der Waals surface area (Å²) in [6.45, 7) is 7.76. The van der Waals surface area contributed by atoms with Crippen LogP contribution in [0.1, 0.15) is 37.0 Å². The van der Waals surface area contributed by atoms with Crippen molar-refractivity contribution in [2.24, 2.45) is 5.92 Å². The molecule has 0 N–H and O–H groups in total. The van der Waals surface area contributed by atoms with Crippen molar-refractivity contribution in [2.75, 3.05) is 0 Å². The summed E-state index contributed by atoms with van der Waals surface area (Å²) >= 11 is 0. The minimum atomic E-state index is -1.23. The molecule has 2 aliphatic rings. The van der Waals surface area contributed by atoms with Gasteiger partial charge in [0.05, 0.1) is 18.1 Å². The van der Waals surface area contributed by atoms with Gasteiger partial charge in [-0.15, -0.1) is 0 Å². The van der Waals surface area contributed by atoms with E-state index in [2.05, 4.69) is 6.58 Å². The average molecular weight is 369 g/mol. The van der Waals surface area contributed by atoms with Gasteiger partial charge in [0.25, 0.3) is 0 Å². The molecule has 6 nitrogen and oxygen atoms in total. The Morgan fingerprint density at radius 1 is 1.37 bits per heavy atom. The monoisotopic (exact) mass is 369 g/mol. The van der Waals surface area contributed by atoms with E-state index in [9.17, 15) is 14.4 Å². The van der Waals surface area contributed by atoms with Crippen LogP contribution in [0.2, 0.25) is 0 Å². The number of nitrogens with zero attached hydrogens (tertiary/aromatic N) is 1. The highest BCUT2D eigenvalue weighted by Gasteiger charge is 2.58. The first-order valence-corrected chi connectivity index (χ1v) is 9.02. The Morgan fingerprint density at radius 3 is 2.67 bits per heavy atom. The van der Waals surface area contributed by atoms with Gasteiger partial charge in [-0.2, -0.15) is 0 Å². The number of hydrogen-bond donors (Lipinski definition) is 0. The van der Waals surface area contributed by atoms with Crippen molar-refractivity contribution in [2.45, 2.75) is 44.6 Å². The molecule has 2 heterocycles. The largest absolute Gasteiger partial charge is 0.446 e. The van der Waals surface area contributed by atoms with Gasteiger partial charge >= 0.3 is 5.97 Å². The third-order valence-electron chi connectivity index (χ3n) is 5.25. The second kappa shape index (κ2) is 7.48. The highest BCUT2D eigenvalue weighted by Crippen LogP contribution is 2.44. The summed E-state index contributed by atoms with van der Waals surface area (Å²) in [4.78, 5) is 38.1. The van der Waals surface area contributed by atoms with E-state index in [0.717, 1.165) is 0 Å². The first-order chi connectivity index (χ1) is 12.9. The van der Waals surface area contributed by atoms with E-state index in [4.69, 9.17) is 9.47 Å². The second-order valence-electron chi connectivity index (χ2n) is 6.80. The molecule has 0 aromatic heterocycles. The Bertz CT molecular complexity index is 787. The molecular weight excluding hydrogens is 346 g/mol. The normalized spacial score (nSPS) is 30.4. The van der Waals surface area contributed by atoms with Crippen LogP contribution in [-0.4, -0.2) is 40.5 Å². The maximum atomic E-state index is 12.8. The van der Waals surface area contributed by atoms with Gasteiger partial charge in [-0.1, -0.05) is 38.6 Å². The fraction of sp³-hybridized carbons (Fsp3) is 0.381. The summed E-state index contributed by atoms with van der Waals surface area (Å²) < 4.78 is 12.0. The van der Waals surface area contributed by atoms with Gasteiger partial charge in [0, 0.05) is 12.1 Å². The number of allylic oxidation sites excluding steroid dienone is 1. The molecule has 3 rings (SSSR count). The number of ketones is 1. The van der Waals surface area contributed by atoms with E-state index in [1.165, 1.54) is 23.3 Å². The quantitative estimate of drug-likeness (QED) is 0.453. The number of esters is 1. The van der Waals surface area contributed by atoms with Gasteiger partial charge in [-0.25, -0.2) is 4.79 Å². The van der Waals surface area contributed by atoms with Crippen LogP contribution >= 0.6 is 0 Å². The van der Waals surface area contributed by atoms with Gasteiger partial charge in [0.2, 0.25) is 5.91 Å². The molecule has 0 saturated carbocycles. The molecule has 27 heavy (non-hydrogen) atoms. The van der Waals surface area contributed by atoms with Crippen LogP contribution in [0.3, 0.4) is 0 Å². The average Bonchev–Trinajstić information content (AvgIpc) is 2.94. The van der Waals surface area contributed by atoms with Crippen molar-refractivity contribution in [1.82, 2.24) is 4.90 Å². The first-order valence-electron chi connectivity index (χ1n) is 9.02. The van der Waals surface area contributed by atoms with Crippen LogP contribution in [0.15, 0.2) is 55.3 Å². The summed E-state index contributed by atoms with van der Waals surface area (Å²) in [7, 11) is 0. The zero-order chi connectivity index (χ0) is 19.6. The molecule has 1 aromatic rings. The Morgan fingerprint density at radius 2 is 2.07 bits per heavy atom. The molecule has 4 atom stereocenters. The van der Waals surface area contributed by atoms with E-state index in [-0.39, 0.29) is 24.2 Å². The lowest BCUT2D eigenvalue weighted by atomic mass is 9.84. The number of carbonyl (C=O) groups excluding carboxylic acids is 3. The lowest BCUT2D eigenvalue weighted by Gasteiger charge is -2.39. The fourth-order valence-corrected chi connectivity index (χ4v) is 3.66. The summed E-state index contributed by atoms with van der Waals surface area (Å²) in [5.74, 6) is -1.40. The molecule has 142 valence electrons. The van der Waals surface area contributed by atoms with E-state index in [1.54, 1.807) is 24.3 Å². The third-order valence-corrected chi connectivity index (χ3v) is 5.25. The standard InChI is InChI=1S/C21H23NO5/c1-4-17-14(3)21(5-2,27-19(25)15-9-7-6-8-10-15)20(26-17)22-12-11-16(23)13-18(22)24/h5-12,14,17,20H,2,4,13H2,1,3H3/t14-,17-,20-,21-/m1/s1. The van der Waals surface area contributed by atoms with Crippen LogP contribution in [0.5, 0.6) is 0 Å². The SMILES string of the molecule is C=C[C@@]1(OC(=O)c2ccccc2)[C@H](C)[C@@H](CC)O[C@H]1N1C=CC(=O)CC1=O. The molecule has 1 fully saturated rings. The summed E-state index contributed by atoms with van der Waals surface area (Å²) in [5, 5.41) is 0. The molecule has 0 aliphatic carbocycles. The summed E-state index contributed by atoms with van der Waals surface area (Å²) in [6.07, 6.45) is 3.62. The fourth-order valence-electron chi connectivity index (χ4n) is 3.66. The Hall–Kier alpha value is -2.73. The number of carbonyl (C=O) groups is 3. The van der Waals surface area contributed by atoms with E-state index in [1.807, 2.05) is 19.9 Å². The molecule has 1 aromatic carbocycles. The Labute approximate surface area is 158 Å². The molecule has 0 radical (unpaired) electrons. The molecule has 1 saturated heterocycles. The Kier molecular flexibility index (Phi) is 5.28. The predicted molar refractivity (Wildman–Crippen MR) is 98.5 cm³/mol. The van der Waals surface area contributed by atoms with Crippen LogP contribution in [0.4, 0.5) is 0 Å². The van der Waals surface area contributed by atoms with Gasteiger partial charge in [-0.3, -0.25) is 14.5 Å². The number of rotatable bonds is 5. The molecule has 2 aliphatic heterocycles. The topological polar surface area (TPSA) is 72.9 Å². The van der Waals surface area contributed by atoms with Crippen molar-refractivity contribution in [3.05, 3.63) is 60.8 Å². The van der Waals surface area contributed by atoms with Crippen molar-refractivity contribution in [3.63, 3.8) is 0 Å². The maximum Gasteiger partial charge on any atom is 0.339 e. The highest BCUT2D eigenvalue weighted by atomic mass is 16.6. The van der Waals surface area contributed by atoms with Crippen LogP contribution in [0, 0.1) is 5.92 Å². The molecule has 0 unspecified atom stereocenters. The van der Waals surface area contributed by atoms with Crippen molar-refractivity contribution in [1.29, 1.82) is 0 Å². The number of benzene rings is 1. The van der Waals surface area contributed by atoms with Gasteiger partial charge < -0.3 is 9.47 Å². The Balaban J connectivity index is 1.98. The zero-order valence-corrected chi connectivity index (χ0v) is 15.5. The highest BCUT2D eigenvalue weighted by molar-refractivity contribution is 6.06. The van der Waals surface area contributed by atoms with Gasteiger partial charge in [-0.05, 0) is 30.7 Å². The summed E-state index contributed by atoms with van der Waals surface area (Å²) in [5.41, 5.74) is -0.825. The van der Waals surface area contributed by atoms with Crippen LogP contribution in [0.25, 0.3) is 0 Å². The molecule has 6 heteroatoms. The molecular formula is C21H23NO5. The molecule has 0 spiro atoms. The maximum absolute atomic E-state index is 12.8. The van der Waals surface area contributed by atoms with E-state index >= 15 is 0 Å². The van der Waals surface area contributed by atoms with Crippen LogP contribution in [-0.2, 0) is 19.1 Å². The van der Waals surface area contributed by atoms with E-state index < -0.39 is 23.7 Å². The van der Waals surface area contributed by atoms with Crippen LogP contribution < -0.4 is 0 Å². The number of amides is 1. The van der Waals surface area contributed by atoms with Gasteiger partial charge in [0.15, 0.2) is 17.6 Å². The van der Waals surface area contributed by atoms with Gasteiger partial charge in [0.1, 0.15) is 0 Å². The second-order valence-corrected chi connectivity index (χ2v) is 6.80. The minimum Gasteiger partial charge on any atom is -0.446 e. The third kappa shape index (κ3) is 3.32. The van der Waals surface area contributed by atoms with Crippen molar-refractivity contribution >= 4 is 17.7 Å². The molecule has 1 amide bonds. The first kappa shape index (κ1) is 19.0. The van der Waals surface area contributed by atoms with Crippen molar-refractivity contribution in [3.8, 4) is 0 Å². The van der Waals surface area contributed by atoms with Crippen molar-refractivity contribution < 1.29 is 23.9 Å². The molecule has 0 bridgehead atoms. The lowest BCUT2D eigenvalue weighted by molar-refractivity contribution is -0.153. The predicted octanol–water partition coefficient (Wildman–Crippen LogP) is 2.85. The smallest absolute Gasteiger partial charge is 0.339 e. The van der Waals surface area contributed by atoms with E-state index in [0.29, 0.717) is 12.0 Å². The minimum absolute atomic E-state index is 0.225.